The highest BCUT2D eigenvalue weighted by Gasteiger charge is 2.37. The maximum atomic E-state index is 13.4. The van der Waals surface area contributed by atoms with Gasteiger partial charge in [-0.15, -0.1) is 12.4 Å². The Balaban J connectivity index is 0.000000243. The molecule has 42 heavy (non-hydrogen) atoms. The van der Waals surface area contributed by atoms with Gasteiger partial charge >= 0.3 is 0 Å². The molecule has 220 valence electrons. The number of aromatic amines is 2. The fraction of sp³-hybridized carbons (Fsp3) is 0.226. The number of benzene rings is 3. The van der Waals surface area contributed by atoms with Gasteiger partial charge in [-0.05, 0) is 91.5 Å². The molecule has 1 saturated heterocycles. The average Bonchev–Trinajstić information content (AvgIpc) is 3.66. The number of aromatic nitrogens is 2. The van der Waals surface area contributed by atoms with Crippen molar-refractivity contribution in [1.29, 1.82) is 0 Å². The topological polar surface area (TPSA) is 107 Å². The predicted molar refractivity (Wildman–Crippen MR) is 170 cm³/mol. The van der Waals surface area contributed by atoms with E-state index in [0.717, 1.165) is 33.4 Å². The van der Waals surface area contributed by atoms with Crippen molar-refractivity contribution in [2.75, 3.05) is 24.5 Å². The molecule has 2 aromatic heterocycles. The van der Waals surface area contributed by atoms with Crippen LogP contribution in [0, 0.1) is 11.7 Å². The number of amides is 2. The molecular formula is C31H31Cl3FN5O2. The van der Waals surface area contributed by atoms with Gasteiger partial charge in [0.15, 0.2) is 0 Å². The minimum absolute atomic E-state index is 0. The van der Waals surface area contributed by atoms with E-state index in [0.29, 0.717) is 43.2 Å². The molecule has 1 atom stereocenters. The molecule has 5 N–H and O–H groups in total. The van der Waals surface area contributed by atoms with Crippen LogP contribution in [-0.2, 0) is 22.4 Å². The van der Waals surface area contributed by atoms with Gasteiger partial charge in [0.2, 0.25) is 11.8 Å². The largest absolute Gasteiger partial charge is 0.361 e. The summed E-state index contributed by atoms with van der Waals surface area (Å²) in [7, 11) is 0. The van der Waals surface area contributed by atoms with Crippen LogP contribution in [-0.4, -0.2) is 41.4 Å². The molecule has 1 fully saturated rings. The second-order valence-electron chi connectivity index (χ2n) is 9.90. The van der Waals surface area contributed by atoms with Crippen molar-refractivity contribution in [3.63, 3.8) is 0 Å². The Morgan fingerprint density at radius 3 is 2.17 bits per heavy atom. The third-order valence-electron chi connectivity index (χ3n) is 7.21. The molecule has 0 spiro atoms. The Labute approximate surface area is 259 Å². The zero-order chi connectivity index (χ0) is 28.9. The molecule has 0 saturated carbocycles. The van der Waals surface area contributed by atoms with E-state index in [1.807, 2.05) is 48.8 Å². The molecule has 0 bridgehead atoms. The smallest absolute Gasteiger partial charge is 0.239 e. The second kappa shape index (κ2) is 14.1. The Kier molecular flexibility index (Phi) is 10.5. The van der Waals surface area contributed by atoms with Crippen molar-refractivity contribution >= 4 is 74.9 Å². The van der Waals surface area contributed by atoms with Crippen molar-refractivity contribution in [1.82, 2.24) is 15.3 Å². The lowest BCUT2D eigenvalue weighted by atomic mass is 10.1. The molecule has 5 aromatic rings. The molecule has 0 radical (unpaired) electrons. The number of hydrogen-bond donors (Lipinski definition) is 4. The highest BCUT2D eigenvalue weighted by molar-refractivity contribution is 6.31. The van der Waals surface area contributed by atoms with Crippen LogP contribution in [0.25, 0.3) is 21.8 Å². The summed E-state index contributed by atoms with van der Waals surface area (Å²) in [5.74, 6) is -1.72. The van der Waals surface area contributed by atoms with Gasteiger partial charge in [0.05, 0.1) is 0 Å². The van der Waals surface area contributed by atoms with E-state index < -0.39 is 11.7 Å². The van der Waals surface area contributed by atoms with E-state index in [1.54, 1.807) is 12.1 Å². The quantitative estimate of drug-likeness (QED) is 0.156. The first kappa shape index (κ1) is 31.4. The number of nitrogens with one attached hydrogen (secondary N) is 3. The molecule has 7 nitrogen and oxygen atoms in total. The number of halogens is 4. The fourth-order valence-electron chi connectivity index (χ4n) is 5.14. The van der Waals surface area contributed by atoms with Crippen LogP contribution in [0.3, 0.4) is 0 Å². The van der Waals surface area contributed by atoms with Crippen molar-refractivity contribution < 1.29 is 14.0 Å². The summed E-state index contributed by atoms with van der Waals surface area (Å²) in [4.78, 5) is 32.9. The zero-order valence-electron chi connectivity index (χ0n) is 22.6. The monoisotopic (exact) mass is 629 g/mol. The highest BCUT2D eigenvalue weighted by Crippen LogP contribution is 2.27. The van der Waals surface area contributed by atoms with Gasteiger partial charge in [-0.2, -0.15) is 0 Å². The summed E-state index contributed by atoms with van der Waals surface area (Å²) in [5, 5.41) is 6.48. The molecule has 3 heterocycles. The lowest BCUT2D eigenvalue weighted by Crippen LogP contribution is -2.37. The molecule has 2 amide bonds. The number of carbonyl (C=O) groups excluding carboxylic acids is 2. The van der Waals surface area contributed by atoms with Gasteiger partial charge in [-0.3, -0.25) is 9.59 Å². The minimum Gasteiger partial charge on any atom is -0.361 e. The van der Waals surface area contributed by atoms with Gasteiger partial charge in [0.25, 0.3) is 0 Å². The van der Waals surface area contributed by atoms with Crippen LogP contribution in [0.15, 0.2) is 73.1 Å². The number of carbonyl (C=O) groups is 2. The number of H-pyrrole nitrogens is 2. The highest BCUT2D eigenvalue weighted by atomic mass is 35.5. The van der Waals surface area contributed by atoms with Gasteiger partial charge in [-0.25, -0.2) is 4.39 Å². The second-order valence-corrected chi connectivity index (χ2v) is 10.8. The van der Waals surface area contributed by atoms with Crippen LogP contribution >= 0.6 is 35.6 Å². The molecule has 6 rings (SSSR count). The maximum absolute atomic E-state index is 13.4. The van der Waals surface area contributed by atoms with Crippen LogP contribution in [0.1, 0.15) is 17.5 Å². The number of hydrogen-bond acceptors (Lipinski definition) is 3. The van der Waals surface area contributed by atoms with E-state index in [9.17, 15) is 14.0 Å². The number of nitrogens with two attached hydrogens (primary N) is 1. The summed E-state index contributed by atoms with van der Waals surface area (Å²) < 4.78 is 13.4. The first-order valence-electron chi connectivity index (χ1n) is 13.4. The third-order valence-corrected chi connectivity index (χ3v) is 7.68. The standard InChI is InChI=1S/C21H19ClFN3O2.C10H11ClN2.ClH/c22-14-4-5-19-18(10-14)13(12-25-19)6-8-24-20(27)17-7-9-26(21(17)28)16-3-1-2-15(23)11-16;11-8-1-2-10-9(5-8)7(3-4-12)6-13-10;/h1-5,10-12,17,25H,6-9H2,(H,24,27);1-2,5-6,13H,3-4,12H2;1H. The Morgan fingerprint density at radius 1 is 0.952 bits per heavy atom. The number of anilines is 1. The summed E-state index contributed by atoms with van der Waals surface area (Å²) in [5.41, 5.74) is 10.4. The number of nitrogens with zero attached hydrogens (tertiary/aromatic N) is 1. The first-order chi connectivity index (χ1) is 19.8. The Hall–Kier alpha value is -3.56. The van der Waals surface area contributed by atoms with E-state index in [4.69, 9.17) is 28.9 Å². The summed E-state index contributed by atoms with van der Waals surface area (Å²) in [6.45, 7) is 1.49. The van der Waals surface area contributed by atoms with Gasteiger partial charge in [0.1, 0.15) is 11.7 Å². The molecule has 1 unspecified atom stereocenters. The molecule has 3 aromatic carbocycles. The van der Waals surface area contributed by atoms with E-state index in [1.165, 1.54) is 28.0 Å². The first-order valence-corrected chi connectivity index (χ1v) is 14.2. The van der Waals surface area contributed by atoms with Crippen molar-refractivity contribution in [3.8, 4) is 0 Å². The van der Waals surface area contributed by atoms with E-state index in [-0.39, 0.29) is 24.2 Å². The van der Waals surface area contributed by atoms with Crippen LogP contribution in [0.2, 0.25) is 10.0 Å². The zero-order valence-corrected chi connectivity index (χ0v) is 25.0. The molecule has 11 heteroatoms. The maximum Gasteiger partial charge on any atom is 0.239 e. The molecule has 0 aliphatic carbocycles. The third kappa shape index (κ3) is 7.07. The van der Waals surface area contributed by atoms with Gasteiger partial charge in [0, 0.05) is 63.0 Å². The summed E-state index contributed by atoms with van der Waals surface area (Å²) >= 11 is 12.0. The van der Waals surface area contributed by atoms with E-state index >= 15 is 0 Å². The lowest BCUT2D eigenvalue weighted by Gasteiger charge is -2.16. The SMILES string of the molecule is Cl.NCCc1c[nH]c2ccc(Cl)cc12.O=C(NCCc1c[nH]c2ccc(Cl)cc12)C1CCN(c2cccc(F)c2)C1=O. The number of rotatable bonds is 7. The Morgan fingerprint density at radius 2 is 1.57 bits per heavy atom. The molecule has 1 aliphatic heterocycles. The van der Waals surface area contributed by atoms with E-state index in [2.05, 4.69) is 15.3 Å². The normalized spacial score (nSPS) is 14.5. The molecular weight excluding hydrogens is 600 g/mol. The fourth-order valence-corrected chi connectivity index (χ4v) is 5.48. The Bertz CT molecular complexity index is 1700. The van der Waals surface area contributed by atoms with Crippen molar-refractivity contribution in [3.05, 3.63) is 100 Å². The predicted octanol–water partition coefficient (Wildman–Crippen LogP) is 6.42. The van der Waals surface area contributed by atoms with Crippen LogP contribution in [0.4, 0.5) is 10.1 Å². The average molecular weight is 631 g/mol. The lowest BCUT2D eigenvalue weighted by molar-refractivity contribution is -0.132. The van der Waals surface area contributed by atoms with Crippen LogP contribution in [0.5, 0.6) is 0 Å². The molecule has 1 aliphatic rings. The van der Waals surface area contributed by atoms with Gasteiger partial charge in [-0.1, -0.05) is 29.3 Å². The summed E-state index contributed by atoms with van der Waals surface area (Å²) in [6, 6.07) is 17.3. The number of fused-ring (bicyclic) bond motifs is 2. The van der Waals surface area contributed by atoms with Crippen molar-refractivity contribution in [2.24, 2.45) is 11.7 Å². The van der Waals surface area contributed by atoms with Crippen molar-refractivity contribution in [2.45, 2.75) is 19.3 Å². The summed E-state index contributed by atoms with van der Waals surface area (Å²) in [6.07, 6.45) is 5.83. The minimum atomic E-state index is -0.735. The van der Waals surface area contributed by atoms with Gasteiger partial charge < -0.3 is 25.9 Å². The van der Waals surface area contributed by atoms with Crippen LogP contribution < -0.4 is 16.0 Å².